The molecule has 1 rings (SSSR count). The van der Waals surface area contributed by atoms with E-state index in [9.17, 15) is 8.42 Å². The molecule has 0 saturated carbocycles. The molecular formula is C11H16N2O2S2. The molecule has 17 heavy (non-hydrogen) atoms. The molecule has 0 fully saturated rings. The van der Waals surface area contributed by atoms with Crippen molar-refractivity contribution < 1.29 is 8.42 Å². The van der Waals surface area contributed by atoms with Crippen LogP contribution in [0.3, 0.4) is 0 Å². The number of benzene rings is 1. The van der Waals surface area contributed by atoms with Crippen LogP contribution in [0.25, 0.3) is 0 Å². The van der Waals surface area contributed by atoms with Crippen molar-refractivity contribution in [2.24, 2.45) is 5.73 Å². The third-order valence-corrected chi connectivity index (χ3v) is 3.76. The van der Waals surface area contributed by atoms with Gasteiger partial charge in [0.2, 0.25) is 10.0 Å². The van der Waals surface area contributed by atoms with Gasteiger partial charge in [0, 0.05) is 12.1 Å². The summed E-state index contributed by atoms with van der Waals surface area (Å²) in [6.45, 7) is 2.38. The van der Waals surface area contributed by atoms with Crippen LogP contribution in [0.15, 0.2) is 24.3 Å². The summed E-state index contributed by atoms with van der Waals surface area (Å²) >= 11 is 4.82. The smallest absolute Gasteiger partial charge is 0.215 e. The van der Waals surface area contributed by atoms with E-state index < -0.39 is 10.0 Å². The average Bonchev–Trinajstić information content (AvgIpc) is 2.26. The van der Waals surface area contributed by atoms with Crippen LogP contribution in [-0.2, 0) is 15.8 Å². The molecule has 0 aliphatic carbocycles. The second-order valence-electron chi connectivity index (χ2n) is 3.71. The number of nitrogens with two attached hydrogens (primary N) is 1. The summed E-state index contributed by atoms with van der Waals surface area (Å²) in [5.74, 6) is -0.0232. The maximum atomic E-state index is 11.6. The van der Waals surface area contributed by atoms with Crippen LogP contribution in [-0.4, -0.2) is 20.0 Å². The summed E-state index contributed by atoms with van der Waals surface area (Å²) in [5.41, 5.74) is 6.91. The lowest BCUT2D eigenvalue weighted by Gasteiger charge is -2.06. The van der Waals surface area contributed by atoms with Gasteiger partial charge < -0.3 is 5.73 Å². The zero-order valence-electron chi connectivity index (χ0n) is 9.64. The molecule has 0 bridgehead atoms. The topological polar surface area (TPSA) is 72.2 Å². The van der Waals surface area contributed by atoms with Crippen LogP contribution < -0.4 is 10.5 Å². The van der Waals surface area contributed by atoms with Gasteiger partial charge in [-0.15, -0.1) is 0 Å². The van der Waals surface area contributed by atoms with Crippen molar-refractivity contribution in [3.8, 4) is 0 Å². The van der Waals surface area contributed by atoms with Crippen molar-refractivity contribution >= 4 is 27.2 Å². The molecule has 4 nitrogen and oxygen atoms in total. The fraction of sp³-hybridized carbons (Fsp3) is 0.364. The number of nitrogens with one attached hydrogen (secondary N) is 1. The number of hydrogen-bond acceptors (Lipinski definition) is 3. The fourth-order valence-corrected chi connectivity index (χ4v) is 2.68. The van der Waals surface area contributed by atoms with Crippen molar-refractivity contribution in [2.45, 2.75) is 19.1 Å². The van der Waals surface area contributed by atoms with Crippen molar-refractivity contribution in [3.63, 3.8) is 0 Å². The molecule has 6 heteroatoms. The maximum Gasteiger partial charge on any atom is 0.215 e. The van der Waals surface area contributed by atoms with E-state index in [4.69, 9.17) is 18.0 Å². The molecule has 0 aromatic heterocycles. The highest BCUT2D eigenvalue weighted by atomic mass is 32.2. The third-order valence-electron chi connectivity index (χ3n) is 2.17. The van der Waals surface area contributed by atoms with Crippen LogP contribution in [0.5, 0.6) is 0 Å². The van der Waals surface area contributed by atoms with Crippen LogP contribution in [0.4, 0.5) is 0 Å². The molecule has 0 aliphatic heterocycles. The number of sulfonamides is 1. The van der Waals surface area contributed by atoms with Crippen molar-refractivity contribution in [1.82, 2.24) is 4.72 Å². The van der Waals surface area contributed by atoms with E-state index in [2.05, 4.69) is 4.72 Å². The Balaban J connectivity index is 2.72. The summed E-state index contributed by atoms with van der Waals surface area (Å²) in [4.78, 5) is 0.309. The average molecular weight is 272 g/mol. The zero-order valence-corrected chi connectivity index (χ0v) is 11.3. The second-order valence-corrected chi connectivity index (χ2v) is 5.96. The van der Waals surface area contributed by atoms with Gasteiger partial charge in [0.05, 0.1) is 5.75 Å². The third kappa shape index (κ3) is 4.80. The fourth-order valence-electron chi connectivity index (χ4n) is 1.29. The van der Waals surface area contributed by atoms with Gasteiger partial charge in [-0.05, 0) is 12.0 Å². The minimum absolute atomic E-state index is 0.0232. The van der Waals surface area contributed by atoms with Gasteiger partial charge in [-0.25, -0.2) is 13.1 Å². The van der Waals surface area contributed by atoms with Gasteiger partial charge in [0.25, 0.3) is 0 Å². The van der Waals surface area contributed by atoms with Crippen molar-refractivity contribution in [2.75, 3.05) is 6.54 Å². The molecule has 3 N–H and O–H groups in total. The van der Waals surface area contributed by atoms with E-state index in [1.807, 2.05) is 6.92 Å². The molecule has 0 unspecified atom stereocenters. The lowest BCUT2D eigenvalue weighted by Crippen LogP contribution is -2.25. The summed E-state index contributed by atoms with van der Waals surface area (Å²) in [5, 5.41) is 0. The minimum Gasteiger partial charge on any atom is -0.389 e. The summed E-state index contributed by atoms with van der Waals surface area (Å²) < 4.78 is 25.7. The molecule has 0 radical (unpaired) electrons. The van der Waals surface area contributed by atoms with Crippen LogP contribution in [0.2, 0.25) is 0 Å². The highest BCUT2D eigenvalue weighted by Gasteiger charge is 2.10. The Bertz CT molecular complexity index is 481. The standard InChI is InChI=1S/C11H16N2O2S2/c1-2-7-13-17(14,15)8-9-3-5-10(6-4-9)11(12)16/h3-6,13H,2,7-8H2,1H3,(H2,12,16). The van der Waals surface area contributed by atoms with Gasteiger partial charge in [0.1, 0.15) is 4.99 Å². The number of hydrogen-bond donors (Lipinski definition) is 2. The molecule has 0 atom stereocenters. The maximum absolute atomic E-state index is 11.6. The summed E-state index contributed by atoms with van der Waals surface area (Å²) in [7, 11) is -3.24. The van der Waals surface area contributed by atoms with E-state index in [1.165, 1.54) is 0 Å². The van der Waals surface area contributed by atoms with Gasteiger partial charge in [-0.2, -0.15) is 0 Å². The molecule has 0 aliphatic rings. The molecule has 0 heterocycles. The molecule has 0 spiro atoms. The van der Waals surface area contributed by atoms with Gasteiger partial charge in [0.15, 0.2) is 0 Å². The molecule has 0 saturated heterocycles. The molecular weight excluding hydrogens is 256 g/mol. The van der Waals surface area contributed by atoms with Gasteiger partial charge >= 0.3 is 0 Å². The first-order valence-corrected chi connectivity index (χ1v) is 7.37. The van der Waals surface area contributed by atoms with Crippen LogP contribution in [0, 0.1) is 0 Å². The van der Waals surface area contributed by atoms with Crippen molar-refractivity contribution in [3.05, 3.63) is 35.4 Å². The highest BCUT2D eigenvalue weighted by Crippen LogP contribution is 2.07. The minimum atomic E-state index is -3.24. The highest BCUT2D eigenvalue weighted by molar-refractivity contribution is 7.88. The first-order valence-electron chi connectivity index (χ1n) is 5.30. The first kappa shape index (κ1) is 14.1. The van der Waals surface area contributed by atoms with E-state index in [-0.39, 0.29) is 5.75 Å². The Morgan fingerprint density at radius 2 is 1.94 bits per heavy atom. The SMILES string of the molecule is CCCNS(=O)(=O)Cc1ccc(C(N)=S)cc1. The van der Waals surface area contributed by atoms with Crippen LogP contribution in [0.1, 0.15) is 24.5 Å². The number of thiocarbonyl (C=S) groups is 1. The van der Waals surface area contributed by atoms with Gasteiger partial charge in [-0.3, -0.25) is 0 Å². The van der Waals surface area contributed by atoms with Crippen LogP contribution >= 0.6 is 12.2 Å². The Kier molecular flexibility index (Phi) is 5.04. The predicted octanol–water partition coefficient (Wildman–Crippen LogP) is 1.15. The van der Waals surface area contributed by atoms with Crippen molar-refractivity contribution in [1.29, 1.82) is 0 Å². The molecule has 1 aromatic rings. The Morgan fingerprint density at radius 1 is 1.35 bits per heavy atom. The predicted molar refractivity (Wildman–Crippen MR) is 73.2 cm³/mol. The Hall–Kier alpha value is -0.980. The van der Waals surface area contributed by atoms with E-state index in [1.54, 1.807) is 24.3 Å². The molecule has 1 aromatic carbocycles. The number of rotatable bonds is 6. The summed E-state index contributed by atoms with van der Waals surface area (Å²) in [6.07, 6.45) is 0.777. The largest absolute Gasteiger partial charge is 0.389 e. The quantitative estimate of drug-likeness (QED) is 0.762. The lowest BCUT2D eigenvalue weighted by molar-refractivity contribution is 0.580. The van der Waals surface area contributed by atoms with E-state index in [0.29, 0.717) is 17.1 Å². The Labute approximate surface area is 107 Å². The van der Waals surface area contributed by atoms with E-state index in [0.717, 1.165) is 12.0 Å². The first-order chi connectivity index (χ1) is 7.94. The lowest BCUT2D eigenvalue weighted by atomic mass is 10.1. The second kappa shape index (κ2) is 6.09. The monoisotopic (exact) mass is 272 g/mol. The summed E-state index contributed by atoms with van der Waals surface area (Å²) in [6, 6.07) is 6.90. The molecule has 94 valence electrons. The Morgan fingerprint density at radius 3 is 2.41 bits per heavy atom. The molecule has 0 amide bonds. The van der Waals surface area contributed by atoms with E-state index >= 15 is 0 Å². The normalized spacial score (nSPS) is 11.4. The zero-order chi connectivity index (χ0) is 12.9. The van der Waals surface area contributed by atoms with Gasteiger partial charge in [-0.1, -0.05) is 43.4 Å².